The van der Waals surface area contributed by atoms with Crippen molar-refractivity contribution in [2.45, 2.75) is 0 Å². The highest BCUT2D eigenvalue weighted by Gasteiger charge is 1.81. The van der Waals surface area contributed by atoms with E-state index in [0.717, 1.165) is 5.56 Å². The number of amides is 1. The first-order valence-corrected chi connectivity index (χ1v) is 3.06. The predicted octanol–water partition coefficient (Wildman–Crippen LogP) is 0.161. The second kappa shape index (κ2) is 4.16. The summed E-state index contributed by atoms with van der Waals surface area (Å²) in [5.41, 5.74) is 3.06. The lowest BCUT2D eigenvalue weighted by molar-refractivity contribution is -0.109. The topological polar surface area (TPSA) is 54.4 Å². The van der Waals surface area contributed by atoms with Gasteiger partial charge in [-0.1, -0.05) is 0 Å². The van der Waals surface area contributed by atoms with Gasteiger partial charge >= 0.3 is 0 Å². The Morgan fingerprint density at radius 1 is 1.45 bits per heavy atom. The summed E-state index contributed by atoms with van der Waals surface area (Å²) < 4.78 is 0. The van der Waals surface area contributed by atoms with Crippen LogP contribution in [-0.4, -0.2) is 17.6 Å². The molecule has 0 aliphatic heterocycles. The van der Waals surface area contributed by atoms with Crippen LogP contribution in [0.1, 0.15) is 5.56 Å². The third-order valence-corrected chi connectivity index (χ3v) is 1.05. The van der Waals surface area contributed by atoms with Crippen molar-refractivity contribution in [3.8, 4) is 0 Å². The van der Waals surface area contributed by atoms with Gasteiger partial charge in [0.1, 0.15) is 0 Å². The fourth-order valence-electron chi connectivity index (χ4n) is 0.592. The van der Waals surface area contributed by atoms with Gasteiger partial charge in [0, 0.05) is 12.4 Å². The first kappa shape index (κ1) is 7.40. The standard InChI is InChI=1S/C7H7N3O/c11-6-10-9-5-7-1-3-8-4-2-7/h1-6H,(H,10,11)/b9-5+. The second-order valence-corrected chi connectivity index (χ2v) is 1.79. The molecule has 0 aromatic carbocycles. The number of hydrazone groups is 1. The van der Waals surface area contributed by atoms with Crippen LogP contribution < -0.4 is 5.43 Å². The number of hydrogen-bond acceptors (Lipinski definition) is 3. The van der Waals surface area contributed by atoms with Gasteiger partial charge in [-0.05, 0) is 17.7 Å². The highest BCUT2D eigenvalue weighted by molar-refractivity contribution is 5.79. The minimum atomic E-state index is 0.512. The Balaban J connectivity index is 2.57. The fourth-order valence-corrected chi connectivity index (χ4v) is 0.592. The molecule has 0 saturated carbocycles. The number of hydrogen-bond donors (Lipinski definition) is 1. The summed E-state index contributed by atoms with van der Waals surface area (Å²) in [6.45, 7) is 0. The van der Waals surface area contributed by atoms with Gasteiger partial charge in [0.15, 0.2) is 0 Å². The summed E-state index contributed by atoms with van der Waals surface area (Å²) in [6.07, 6.45) is 5.36. The largest absolute Gasteiger partial charge is 0.277 e. The van der Waals surface area contributed by atoms with Crippen LogP contribution in [-0.2, 0) is 4.79 Å². The summed E-state index contributed by atoms with van der Waals surface area (Å²) in [4.78, 5) is 13.6. The number of nitrogens with one attached hydrogen (secondary N) is 1. The van der Waals surface area contributed by atoms with Crippen LogP contribution >= 0.6 is 0 Å². The molecular formula is C7H7N3O. The second-order valence-electron chi connectivity index (χ2n) is 1.79. The lowest BCUT2D eigenvalue weighted by Gasteiger charge is -1.88. The van der Waals surface area contributed by atoms with Gasteiger partial charge in [0.25, 0.3) is 0 Å². The van der Waals surface area contributed by atoms with E-state index in [1.165, 1.54) is 6.21 Å². The monoisotopic (exact) mass is 149 g/mol. The Labute approximate surface area is 64.0 Å². The first-order valence-electron chi connectivity index (χ1n) is 3.06. The third kappa shape index (κ3) is 2.57. The maximum atomic E-state index is 9.76. The van der Waals surface area contributed by atoms with Crippen LogP contribution in [0.3, 0.4) is 0 Å². The molecule has 1 amide bonds. The van der Waals surface area contributed by atoms with Crippen LogP contribution in [0.2, 0.25) is 0 Å². The van der Waals surface area contributed by atoms with Gasteiger partial charge in [0.05, 0.1) is 6.21 Å². The van der Waals surface area contributed by atoms with Gasteiger partial charge in [0.2, 0.25) is 6.41 Å². The molecule has 11 heavy (non-hydrogen) atoms. The zero-order valence-corrected chi connectivity index (χ0v) is 5.77. The SMILES string of the molecule is O=CN/N=C/c1ccncc1. The molecule has 4 heteroatoms. The van der Waals surface area contributed by atoms with E-state index in [2.05, 4.69) is 15.5 Å². The van der Waals surface area contributed by atoms with Crippen molar-refractivity contribution in [2.75, 3.05) is 0 Å². The molecule has 1 heterocycles. The van der Waals surface area contributed by atoms with E-state index in [1.807, 2.05) is 0 Å². The number of carbonyl (C=O) groups excluding carboxylic acids is 1. The molecule has 0 unspecified atom stereocenters. The van der Waals surface area contributed by atoms with Crippen LogP contribution in [0.4, 0.5) is 0 Å². The molecule has 0 radical (unpaired) electrons. The Morgan fingerprint density at radius 3 is 2.82 bits per heavy atom. The summed E-state index contributed by atoms with van der Waals surface area (Å²) in [7, 11) is 0. The average Bonchev–Trinajstić information content (AvgIpc) is 2.07. The molecule has 0 saturated heterocycles. The molecule has 0 aliphatic carbocycles. The van der Waals surface area contributed by atoms with E-state index < -0.39 is 0 Å². The third-order valence-electron chi connectivity index (χ3n) is 1.05. The van der Waals surface area contributed by atoms with Gasteiger partial charge in [-0.15, -0.1) is 0 Å². The fraction of sp³-hybridized carbons (Fsp3) is 0. The molecule has 0 aliphatic rings. The number of rotatable bonds is 3. The molecule has 1 aromatic heterocycles. The summed E-state index contributed by atoms with van der Waals surface area (Å²) in [6, 6.07) is 3.58. The maximum Gasteiger partial charge on any atom is 0.227 e. The molecular weight excluding hydrogens is 142 g/mol. The predicted molar refractivity (Wildman–Crippen MR) is 41.0 cm³/mol. The van der Waals surface area contributed by atoms with Crippen molar-refractivity contribution in [3.05, 3.63) is 30.1 Å². The molecule has 0 bridgehead atoms. The first-order chi connectivity index (χ1) is 5.43. The van der Waals surface area contributed by atoms with Gasteiger partial charge in [-0.3, -0.25) is 9.78 Å². The molecule has 0 atom stereocenters. The maximum absolute atomic E-state index is 9.76. The van der Waals surface area contributed by atoms with Crippen molar-refractivity contribution in [1.29, 1.82) is 0 Å². The number of pyridine rings is 1. The highest BCUT2D eigenvalue weighted by Crippen LogP contribution is 1.89. The lowest BCUT2D eigenvalue weighted by atomic mass is 10.3. The van der Waals surface area contributed by atoms with E-state index >= 15 is 0 Å². The van der Waals surface area contributed by atoms with Crippen molar-refractivity contribution in [1.82, 2.24) is 10.4 Å². The van der Waals surface area contributed by atoms with Crippen molar-refractivity contribution >= 4 is 12.6 Å². The summed E-state index contributed by atoms with van der Waals surface area (Å²) >= 11 is 0. The highest BCUT2D eigenvalue weighted by atomic mass is 16.1. The molecule has 4 nitrogen and oxygen atoms in total. The van der Waals surface area contributed by atoms with Crippen LogP contribution in [0.25, 0.3) is 0 Å². The van der Waals surface area contributed by atoms with E-state index in [-0.39, 0.29) is 0 Å². The van der Waals surface area contributed by atoms with Crippen LogP contribution in [0.5, 0.6) is 0 Å². The summed E-state index contributed by atoms with van der Waals surface area (Å²) in [5, 5.41) is 3.59. The van der Waals surface area contributed by atoms with E-state index in [0.29, 0.717) is 6.41 Å². The van der Waals surface area contributed by atoms with Crippen molar-refractivity contribution < 1.29 is 4.79 Å². The minimum absolute atomic E-state index is 0.512. The van der Waals surface area contributed by atoms with Gasteiger partial charge in [-0.2, -0.15) is 5.10 Å². The number of carbonyl (C=O) groups is 1. The van der Waals surface area contributed by atoms with E-state index in [4.69, 9.17) is 0 Å². The zero-order valence-electron chi connectivity index (χ0n) is 5.77. The molecule has 1 aromatic rings. The van der Waals surface area contributed by atoms with Gasteiger partial charge in [-0.25, -0.2) is 5.43 Å². The summed E-state index contributed by atoms with van der Waals surface area (Å²) in [5.74, 6) is 0. The van der Waals surface area contributed by atoms with Crippen LogP contribution in [0.15, 0.2) is 29.6 Å². The van der Waals surface area contributed by atoms with Crippen molar-refractivity contribution in [3.63, 3.8) is 0 Å². The molecule has 56 valence electrons. The number of aromatic nitrogens is 1. The Kier molecular flexibility index (Phi) is 2.80. The number of nitrogens with zero attached hydrogens (tertiary/aromatic N) is 2. The molecule has 0 fully saturated rings. The lowest BCUT2D eigenvalue weighted by Crippen LogP contribution is -2.00. The average molecular weight is 149 g/mol. The molecule has 0 spiro atoms. The Morgan fingerprint density at radius 2 is 2.18 bits per heavy atom. The smallest absolute Gasteiger partial charge is 0.227 e. The molecule has 1 N–H and O–H groups in total. The normalized spacial score (nSPS) is 9.82. The Hall–Kier alpha value is -1.71. The zero-order chi connectivity index (χ0) is 7.94. The Bertz CT molecular complexity index is 245. The minimum Gasteiger partial charge on any atom is -0.277 e. The van der Waals surface area contributed by atoms with E-state index in [9.17, 15) is 4.79 Å². The van der Waals surface area contributed by atoms with Crippen LogP contribution in [0, 0.1) is 0 Å². The van der Waals surface area contributed by atoms with E-state index in [1.54, 1.807) is 24.5 Å². The quantitative estimate of drug-likeness (QED) is 0.378. The van der Waals surface area contributed by atoms with Gasteiger partial charge < -0.3 is 0 Å². The molecule has 1 rings (SSSR count). The van der Waals surface area contributed by atoms with Crippen molar-refractivity contribution in [2.24, 2.45) is 5.10 Å².